The Kier molecular flexibility index (Phi) is 5.78. The largest absolute Gasteiger partial charge is 0.337 e. The Morgan fingerprint density at radius 2 is 1.70 bits per heavy atom. The average Bonchev–Trinajstić information content (AvgIpc) is 2.89. The number of benzene rings is 1. The van der Waals surface area contributed by atoms with Crippen LogP contribution in [0.15, 0.2) is 30.3 Å². The summed E-state index contributed by atoms with van der Waals surface area (Å²) in [7, 11) is 0. The topological polar surface area (TPSA) is 58.1 Å². The van der Waals surface area contributed by atoms with Crippen molar-refractivity contribution in [1.82, 2.24) is 14.9 Å². The van der Waals surface area contributed by atoms with Gasteiger partial charge in [-0.1, -0.05) is 51.8 Å². The Morgan fingerprint density at radius 1 is 1.04 bits per heavy atom. The molecule has 0 aliphatic carbocycles. The molecule has 1 N–H and O–H groups in total. The molecule has 0 unspecified atom stereocenters. The molecule has 0 radical (unpaired) electrons. The third kappa shape index (κ3) is 4.85. The van der Waals surface area contributed by atoms with Crippen LogP contribution in [0.25, 0.3) is 0 Å². The zero-order chi connectivity index (χ0) is 19.4. The minimum Gasteiger partial charge on any atom is -0.337 e. The lowest BCUT2D eigenvalue weighted by molar-refractivity contribution is 0.0755. The normalized spacial score (nSPS) is 15.3. The number of nitrogens with zero attached hydrogens (tertiary/aromatic N) is 3. The van der Waals surface area contributed by atoms with Crippen LogP contribution in [0.2, 0.25) is 0 Å². The number of aryl methyl sites for hydroxylation is 1. The average molecular weight is 367 g/mol. The van der Waals surface area contributed by atoms with E-state index >= 15 is 0 Å². The van der Waals surface area contributed by atoms with Gasteiger partial charge in [-0.15, -0.1) is 0 Å². The number of para-hydroxylation sites is 1. The lowest BCUT2D eigenvalue weighted by atomic mass is 9.86. The quantitative estimate of drug-likeness (QED) is 0.844. The second-order valence-electron chi connectivity index (χ2n) is 8.35. The van der Waals surface area contributed by atoms with E-state index in [-0.39, 0.29) is 11.3 Å². The zero-order valence-electron chi connectivity index (χ0n) is 16.9. The third-order valence-corrected chi connectivity index (χ3v) is 4.95. The van der Waals surface area contributed by atoms with Gasteiger partial charge < -0.3 is 10.2 Å². The van der Waals surface area contributed by atoms with Gasteiger partial charge in [0.15, 0.2) is 0 Å². The number of nitrogens with one attached hydrogen (secondary N) is 1. The molecule has 1 aromatic carbocycles. The summed E-state index contributed by atoms with van der Waals surface area (Å²) in [5.41, 5.74) is 3.43. The van der Waals surface area contributed by atoms with Crippen LogP contribution in [0.1, 0.15) is 68.2 Å². The van der Waals surface area contributed by atoms with Crippen molar-refractivity contribution in [3.8, 4) is 0 Å². The fraction of sp³-hybridized carbons (Fsp3) is 0.500. The Balaban J connectivity index is 1.87. The first-order valence-electron chi connectivity index (χ1n) is 9.86. The molecular formula is C22H30N4O. The van der Waals surface area contributed by atoms with E-state index < -0.39 is 0 Å². The molecule has 144 valence electrons. The number of anilines is 2. The molecule has 0 bridgehead atoms. The van der Waals surface area contributed by atoms with Crippen LogP contribution < -0.4 is 5.32 Å². The Labute approximate surface area is 162 Å². The molecule has 2 heterocycles. The van der Waals surface area contributed by atoms with Gasteiger partial charge in [-0.2, -0.15) is 0 Å². The summed E-state index contributed by atoms with van der Waals surface area (Å²) in [6.45, 7) is 10.1. The molecule has 1 aliphatic heterocycles. The van der Waals surface area contributed by atoms with E-state index in [2.05, 4.69) is 42.1 Å². The Morgan fingerprint density at radius 3 is 2.37 bits per heavy atom. The number of amides is 1. The first-order chi connectivity index (χ1) is 12.8. The molecule has 1 aliphatic rings. The summed E-state index contributed by atoms with van der Waals surface area (Å²) in [5.74, 6) is 0.486. The summed E-state index contributed by atoms with van der Waals surface area (Å²) in [6, 6.07) is 9.96. The highest BCUT2D eigenvalue weighted by Gasteiger charge is 2.21. The third-order valence-electron chi connectivity index (χ3n) is 4.95. The van der Waals surface area contributed by atoms with E-state index in [4.69, 9.17) is 0 Å². The van der Waals surface area contributed by atoms with Crippen molar-refractivity contribution in [2.24, 2.45) is 0 Å². The highest BCUT2D eigenvalue weighted by atomic mass is 16.2. The monoisotopic (exact) mass is 366 g/mol. The van der Waals surface area contributed by atoms with E-state index in [1.54, 1.807) is 6.07 Å². The van der Waals surface area contributed by atoms with Crippen LogP contribution in [-0.2, 0) is 5.41 Å². The van der Waals surface area contributed by atoms with Crippen molar-refractivity contribution in [2.75, 3.05) is 18.4 Å². The van der Waals surface area contributed by atoms with Crippen LogP contribution >= 0.6 is 0 Å². The fourth-order valence-electron chi connectivity index (χ4n) is 3.54. The van der Waals surface area contributed by atoms with Crippen molar-refractivity contribution in [2.45, 2.75) is 58.8 Å². The summed E-state index contributed by atoms with van der Waals surface area (Å²) >= 11 is 0. The molecular weight excluding hydrogens is 336 g/mol. The molecule has 27 heavy (non-hydrogen) atoms. The van der Waals surface area contributed by atoms with Crippen LogP contribution in [-0.4, -0.2) is 33.9 Å². The molecule has 1 amide bonds. The van der Waals surface area contributed by atoms with Gasteiger partial charge in [-0.25, -0.2) is 9.97 Å². The van der Waals surface area contributed by atoms with Gasteiger partial charge >= 0.3 is 0 Å². The minimum absolute atomic E-state index is 0.00187. The highest BCUT2D eigenvalue weighted by molar-refractivity contribution is 5.92. The fourth-order valence-corrected chi connectivity index (χ4v) is 3.54. The van der Waals surface area contributed by atoms with Crippen LogP contribution in [0, 0.1) is 6.92 Å². The smallest absolute Gasteiger partial charge is 0.272 e. The molecule has 2 aromatic rings. The van der Waals surface area contributed by atoms with E-state index in [9.17, 15) is 4.79 Å². The van der Waals surface area contributed by atoms with E-state index in [1.165, 1.54) is 18.4 Å². The second-order valence-corrected chi connectivity index (χ2v) is 8.35. The van der Waals surface area contributed by atoms with E-state index in [1.807, 2.05) is 30.0 Å². The van der Waals surface area contributed by atoms with E-state index in [0.29, 0.717) is 11.6 Å². The van der Waals surface area contributed by atoms with Gasteiger partial charge in [0.25, 0.3) is 5.91 Å². The van der Waals surface area contributed by atoms with Gasteiger partial charge in [-0.05, 0) is 42.9 Å². The summed E-state index contributed by atoms with van der Waals surface area (Å²) in [5, 5.41) is 3.34. The van der Waals surface area contributed by atoms with Gasteiger partial charge in [0.05, 0.1) is 0 Å². The molecule has 5 nitrogen and oxygen atoms in total. The minimum atomic E-state index is -0.00187. The van der Waals surface area contributed by atoms with Crippen molar-refractivity contribution >= 4 is 17.5 Å². The number of carbonyl (C=O) groups is 1. The number of hydrogen-bond donors (Lipinski definition) is 1. The zero-order valence-corrected chi connectivity index (χ0v) is 16.9. The van der Waals surface area contributed by atoms with Gasteiger partial charge in [0, 0.05) is 24.5 Å². The lowest BCUT2D eigenvalue weighted by Crippen LogP contribution is -2.32. The number of rotatable bonds is 3. The van der Waals surface area contributed by atoms with Crippen molar-refractivity contribution < 1.29 is 4.79 Å². The van der Waals surface area contributed by atoms with Crippen LogP contribution in [0.3, 0.4) is 0 Å². The molecule has 3 rings (SSSR count). The lowest BCUT2D eigenvalue weighted by Gasteiger charge is -2.23. The summed E-state index contributed by atoms with van der Waals surface area (Å²) < 4.78 is 0. The maximum atomic E-state index is 12.9. The molecule has 0 saturated carbocycles. The first kappa shape index (κ1) is 19.3. The molecule has 5 heteroatoms. The van der Waals surface area contributed by atoms with Gasteiger partial charge in [0.1, 0.15) is 5.69 Å². The number of likely N-dealkylation sites (tertiary alicyclic amines) is 1. The molecule has 0 atom stereocenters. The predicted octanol–water partition coefficient (Wildman–Crippen LogP) is 4.84. The summed E-state index contributed by atoms with van der Waals surface area (Å²) in [6.07, 6.45) is 4.53. The van der Waals surface area contributed by atoms with Gasteiger partial charge in [-0.3, -0.25) is 4.79 Å². The Bertz CT molecular complexity index is 802. The number of hydrogen-bond acceptors (Lipinski definition) is 4. The SMILES string of the molecule is Cc1cc(C(=O)N2CCCCCC2)nc(Nc2ccccc2C(C)(C)C)n1. The molecule has 1 aromatic heterocycles. The first-order valence-corrected chi connectivity index (χ1v) is 9.86. The van der Waals surface area contributed by atoms with Crippen LogP contribution in [0.5, 0.6) is 0 Å². The number of aromatic nitrogens is 2. The predicted molar refractivity (Wildman–Crippen MR) is 110 cm³/mol. The molecule has 1 saturated heterocycles. The molecule has 1 fully saturated rings. The molecule has 0 spiro atoms. The number of carbonyl (C=O) groups excluding carboxylic acids is 1. The summed E-state index contributed by atoms with van der Waals surface area (Å²) in [4.78, 5) is 23.9. The Hall–Kier alpha value is -2.43. The van der Waals surface area contributed by atoms with Crippen molar-refractivity contribution in [3.05, 3.63) is 47.3 Å². The maximum absolute atomic E-state index is 12.9. The second kappa shape index (κ2) is 8.07. The standard InChI is InChI=1S/C22H30N4O/c1-16-15-19(20(27)26-13-9-5-6-10-14-26)25-21(23-16)24-18-12-8-7-11-17(18)22(2,3)4/h7-8,11-12,15H,5-6,9-10,13-14H2,1-4H3,(H,23,24,25). The van der Waals surface area contributed by atoms with Crippen LogP contribution in [0.4, 0.5) is 11.6 Å². The van der Waals surface area contributed by atoms with E-state index in [0.717, 1.165) is 37.3 Å². The maximum Gasteiger partial charge on any atom is 0.272 e. The van der Waals surface area contributed by atoms with Gasteiger partial charge in [0.2, 0.25) is 5.95 Å². The van der Waals surface area contributed by atoms with Crippen molar-refractivity contribution in [1.29, 1.82) is 0 Å². The highest BCUT2D eigenvalue weighted by Crippen LogP contribution is 2.30. The van der Waals surface area contributed by atoms with Crippen molar-refractivity contribution in [3.63, 3.8) is 0 Å².